The molecule has 22 heavy (non-hydrogen) atoms. The molecular formula is C18H22FN3. The molecule has 0 bridgehead atoms. The van der Waals surface area contributed by atoms with Crippen LogP contribution in [0.1, 0.15) is 24.8 Å². The number of pyridine rings is 1. The fourth-order valence-electron chi connectivity index (χ4n) is 4.30. The number of hydrogen-bond donors (Lipinski definition) is 1. The van der Waals surface area contributed by atoms with Crippen LogP contribution in [-0.4, -0.2) is 29.0 Å². The van der Waals surface area contributed by atoms with Gasteiger partial charge in [0.1, 0.15) is 5.82 Å². The second-order valence-electron chi connectivity index (χ2n) is 6.82. The molecule has 4 rings (SSSR count). The molecule has 2 N–H and O–H groups in total. The standard InChI is InChI=1S/C18H22FN3/c19-16-7-6-13(18-14(16)4-2-8-21-18)10-22-9-12-3-1-5-17(20)15(12)11-22/h2,4,6-8,12,15,17H,1,3,5,9-11,20H2. The van der Waals surface area contributed by atoms with Crippen molar-refractivity contribution in [1.29, 1.82) is 0 Å². The monoisotopic (exact) mass is 299 g/mol. The van der Waals surface area contributed by atoms with Crippen molar-refractivity contribution in [1.82, 2.24) is 9.88 Å². The zero-order valence-corrected chi connectivity index (χ0v) is 12.7. The van der Waals surface area contributed by atoms with Crippen molar-refractivity contribution in [2.45, 2.75) is 31.8 Å². The molecule has 2 aromatic rings. The first kappa shape index (κ1) is 14.1. The van der Waals surface area contributed by atoms with Crippen molar-refractivity contribution in [3.05, 3.63) is 41.8 Å². The van der Waals surface area contributed by atoms with Gasteiger partial charge in [0.05, 0.1) is 5.52 Å². The predicted octanol–water partition coefficient (Wildman–Crippen LogP) is 2.93. The van der Waals surface area contributed by atoms with E-state index >= 15 is 0 Å². The van der Waals surface area contributed by atoms with Gasteiger partial charge < -0.3 is 5.73 Å². The van der Waals surface area contributed by atoms with Gasteiger partial charge in [-0.3, -0.25) is 9.88 Å². The van der Waals surface area contributed by atoms with Crippen LogP contribution in [0.4, 0.5) is 4.39 Å². The highest BCUT2D eigenvalue weighted by atomic mass is 19.1. The van der Waals surface area contributed by atoms with Crippen LogP contribution >= 0.6 is 0 Å². The molecule has 1 aliphatic heterocycles. The predicted molar refractivity (Wildman–Crippen MR) is 85.8 cm³/mol. The molecule has 1 saturated heterocycles. The molecule has 3 atom stereocenters. The van der Waals surface area contributed by atoms with Gasteiger partial charge in [-0.15, -0.1) is 0 Å². The maximum Gasteiger partial charge on any atom is 0.132 e. The first-order valence-corrected chi connectivity index (χ1v) is 8.22. The van der Waals surface area contributed by atoms with E-state index in [0.717, 1.165) is 43.1 Å². The number of likely N-dealkylation sites (tertiary alicyclic amines) is 1. The van der Waals surface area contributed by atoms with E-state index in [4.69, 9.17) is 5.73 Å². The lowest BCUT2D eigenvalue weighted by Crippen LogP contribution is -2.38. The van der Waals surface area contributed by atoms with E-state index in [0.29, 0.717) is 17.3 Å². The maximum atomic E-state index is 13.9. The Kier molecular flexibility index (Phi) is 3.59. The van der Waals surface area contributed by atoms with Crippen molar-refractivity contribution < 1.29 is 4.39 Å². The molecule has 2 heterocycles. The van der Waals surface area contributed by atoms with Gasteiger partial charge in [-0.1, -0.05) is 12.5 Å². The third kappa shape index (κ3) is 2.40. The number of aromatic nitrogens is 1. The Morgan fingerprint density at radius 3 is 3.00 bits per heavy atom. The second-order valence-corrected chi connectivity index (χ2v) is 6.82. The molecule has 1 aromatic carbocycles. The van der Waals surface area contributed by atoms with Crippen LogP contribution in [0.3, 0.4) is 0 Å². The van der Waals surface area contributed by atoms with Crippen LogP contribution in [0, 0.1) is 17.7 Å². The van der Waals surface area contributed by atoms with Crippen LogP contribution in [0.15, 0.2) is 30.5 Å². The molecule has 0 spiro atoms. The minimum absolute atomic E-state index is 0.191. The SMILES string of the molecule is NC1CCCC2CN(Cc3ccc(F)c4cccnc34)CC12. The average molecular weight is 299 g/mol. The lowest BCUT2D eigenvalue weighted by atomic mass is 9.78. The topological polar surface area (TPSA) is 42.1 Å². The van der Waals surface area contributed by atoms with Gasteiger partial charge in [-0.05, 0) is 48.4 Å². The zero-order chi connectivity index (χ0) is 15.1. The van der Waals surface area contributed by atoms with Crippen molar-refractivity contribution in [2.75, 3.05) is 13.1 Å². The van der Waals surface area contributed by atoms with Crippen LogP contribution in [0.5, 0.6) is 0 Å². The Labute approximate surface area is 130 Å². The highest BCUT2D eigenvalue weighted by Crippen LogP contribution is 2.36. The number of benzene rings is 1. The summed E-state index contributed by atoms with van der Waals surface area (Å²) in [5, 5.41) is 0.619. The van der Waals surface area contributed by atoms with Gasteiger partial charge in [0.2, 0.25) is 0 Å². The summed E-state index contributed by atoms with van der Waals surface area (Å²) in [6, 6.07) is 7.40. The molecule has 3 unspecified atom stereocenters. The van der Waals surface area contributed by atoms with E-state index < -0.39 is 0 Å². The summed E-state index contributed by atoms with van der Waals surface area (Å²) in [6.45, 7) is 3.02. The van der Waals surface area contributed by atoms with Crippen molar-refractivity contribution in [2.24, 2.45) is 17.6 Å². The van der Waals surface area contributed by atoms with Crippen molar-refractivity contribution >= 4 is 10.9 Å². The smallest absolute Gasteiger partial charge is 0.132 e. The van der Waals surface area contributed by atoms with Gasteiger partial charge in [0, 0.05) is 37.3 Å². The summed E-state index contributed by atoms with van der Waals surface area (Å²) in [5.41, 5.74) is 8.21. The van der Waals surface area contributed by atoms with Gasteiger partial charge in [0.25, 0.3) is 0 Å². The van der Waals surface area contributed by atoms with Gasteiger partial charge in [-0.25, -0.2) is 4.39 Å². The molecular weight excluding hydrogens is 277 g/mol. The summed E-state index contributed by atoms with van der Waals surface area (Å²) in [5.74, 6) is 1.18. The molecule has 2 fully saturated rings. The summed E-state index contributed by atoms with van der Waals surface area (Å²) in [6.07, 6.45) is 5.47. The van der Waals surface area contributed by atoms with E-state index in [1.54, 1.807) is 24.4 Å². The molecule has 116 valence electrons. The molecule has 3 nitrogen and oxygen atoms in total. The van der Waals surface area contributed by atoms with E-state index in [9.17, 15) is 4.39 Å². The summed E-state index contributed by atoms with van der Waals surface area (Å²) in [4.78, 5) is 6.87. The molecule has 2 aliphatic rings. The fraction of sp³-hybridized carbons (Fsp3) is 0.500. The quantitative estimate of drug-likeness (QED) is 0.927. The second kappa shape index (κ2) is 5.60. The Balaban J connectivity index is 1.58. The van der Waals surface area contributed by atoms with E-state index in [-0.39, 0.29) is 5.82 Å². The lowest BCUT2D eigenvalue weighted by molar-refractivity contribution is 0.259. The number of halogens is 1. The maximum absolute atomic E-state index is 13.9. The number of rotatable bonds is 2. The van der Waals surface area contributed by atoms with Gasteiger partial charge in [0.15, 0.2) is 0 Å². The first-order valence-electron chi connectivity index (χ1n) is 8.22. The van der Waals surface area contributed by atoms with E-state index in [1.165, 1.54) is 12.8 Å². The third-order valence-electron chi connectivity index (χ3n) is 5.42. The zero-order valence-electron chi connectivity index (χ0n) is 12.7. The average Bonchev–Trinajstić information content (AvgIpc) is 2.95. The molecule has 0 radical (unpaired) electrons. The minimum atomic E-state index is -0.191. The third-order valence-corrected chi connectivity index (χ3v) is 5.42. The Bertz CT molecular complexity index is 687. The summed E-state index contributed by atoms with van der Waals surface area (Å²) in [7, 11) is 0. The summed E-state index contributed by atoms with van der Waals surface area (Å²) >= 11 is 0. The van der Waals surface area contributed by atoms with Crippen molar-refractivity contribution in [3.8, 4) is 0 Å². The Morgan fingerprint density at radius 2 is 2.14 bits per heavy atom. The Morgan fingerprint density at radius 1 is 1.23 bits per heavy atom. The Hall–Kier alpha value is -1.52. The number of fused-ring (bicyclic) bond motifs is 2. The van der Waals surface area contributed by atoms with Crippen LogP contribution in [-0.2, 0) is 6.54 Å². The highest BCUT2D eigenvalue weighted by Gasteiger charge is 2.38. The molecule has 1 aromatic heterocycles. The fourth-order valence-corrected chi connectivity index (χ4v) is 4.30. The summed E-state index contributed by atoms with van der Waals surface area (Å²) < 4.78 is 13.9. The molecule has 0 amide bonds. The van der Waals surface area contributed by atoms with Gasteiger partial charge in [-0.2, -0.15) is 0 Å². The largest absolute Gasteiger partial charge is 0.327 e. The number of nitrogens with zero attached hydrogens (tertiary/aromatic N) is 2. The normalized spacial score (nSPS) is 28.9. The van der Waals surface area contributed by atoms with Crippen molar-refractivity contribution in [3.63, 3.8) is 0 Å². The van der Waals surface area contributed by atoms with Gasteiger partial charge >= 0.3 is 0 Å². The minimum Gasteiger partial charge on any atom is -0.327 e. The lowest BCUT2D eigenvalue weighted by Gasteiger charge is -2.29. The highest BCUT2D eigenvalue weighted by molar-refractivity contribution is 5.82. The van der Waals surface area contributed by atoms with Crippen LogP contribution < -0.4 is 5.73 Å². The number of nitrogens with two attached hydrogens (primary N) is 1. The molecule has 4 heteroatoms. The van der Waals surface area contributed by atoms with Crippen LogP contribution in [0.2, 0.25) is 0 Å². The first-order chi connectivity index (χ1) is 10.7. The van der Waals surface area contributed by atoms with Crippen LogP contribution in [0.25, 0.3) is 10.9 Å². The van der Waals surface area contributed by atoms with E-state index in [1.807, 2.05) is 6.07 Å². The molecule has 1 saturated carbocycles. The molecule has 1 aliphatic carbocycles. The number of hydrogen-bond acceptors (Lipinski definition) is 3. The van der Waals surface area contributed by atoms with E-state index in [2.05, 4.69) is 9.88 Å².